The van der Waals surface area contributed by atoms with Crippen molar-refractivity contribution in [3.05, 3.63) is 0 Å². The zero-order valence-corrected chi connectivity index (χ0v) is 11.6. The molecule has 1 unspecified atom stereocenters. The van der Waals surface area contributed by atoms with Gasteiger partial charge in [0.2, 0.25) is 0 Å². The Morgan fingerprint density at radius 2 is 1.84 bits per heavy atom. The van der Waals surface area contributed by atoms with Crippen LogP contribution in [0.4, 0.5) is 0 Å². The maximum absolute atomic E-state index is 11.6. The van der Waals surface area contributed by atoms with E-state index >= 15 is 0 Å². The third-order valence-corrected chi connectivity index (χ3v) is 3.15. The molecule has 1 heterocycles. The summed E-state index contributed by atoms with van der Waals surface area (Å²) in [6, 6.07) is 0. The zero-order chi connectivity index (χ0) is 14.3. The molecule has 1 fully saturated rings. The summed E-state index contributed by atoms with van der Waals surface area (Å²) < 4.78 is 9.99. The first-order chi connectivity index (χ1) is 9.02. The predicted molar refractivity (Wildman–Crippen MR) is 68.2 cm³/mol. The molecular formula is C13H23NO5. The Kier molecular flexibility index (Phi) is 6.80. The van der Waals surface area contributed by atoms with Gasteiger partial charge in [0.1, 0.15) is 0 Å². The van der Waals surface area contributed by atoms with Gasteiger partial charge < -0.3 is 14.6 Å². The molecule has 19 heavy (non-hydrogen) atoms. The maximum atomic E-state index is 11.6. The number of piperidine rings is 1. The number of carbonyl (C=O) groups excluding carboxylic acids is 2. The minimum Gasteiger partial charge on any atom is -0.466 e. The van der Waals surface area contributed by atoms with Gasteiger partial charge in [0, 0.05) is 13.1 Å². The second-order valence-electron chi connectivity index (χ2n) is 4.66. The van der Waals surface area contributed by atoms with Gasteiger partial charge in [-0.2, -0.15) is 0 Å². The summed E-state index contributed by atoms with van der Waals surface area (Å²) in [4.78, 5) is 24.7. The first-order valence-electron chi connectivity index (χ1n) is 6.80. The van der Waals surface area contributed by atoms with E-state index in [2.05, 4.69) is 0 Å². The molecule has 1 saturated heterocycles. The van der Waals surface area contributed by atoms with Gasteiger partial charge in [-0.05, 0) is 26.7 Å². The summed E-state index contributed by atoms with van der Waals surface area (Å²) in [5.74, 6) is -0.778. The molecule has 0 aromatic heterocycles. The molecule has 1 aliphatic rings. The van der Waals surface area contributed by atoms with Crippen LogP contribution in [0.15, 0.2) is 0 Å². The number of ether oxygens (including phenoxy) is 2. The molecule has 1 N–H and O–H groups in total. The van der Waals surface area contributed by atoms with Crippen LogP contribution in [0.3, 0.4) is 0 Å². The standard InChI is InChI=1S/C13H23NO5/c1-3-18-12(16)4-5-13(17)19-10(2)14-8-6-11(15)7-9-14/h10-11,15H,3-9H2,1-2H3. The Bertz CT molecular complexity index is 299. The number of carbonyl (C=O) groups is 2. The lowest BCUT2D eigenvalue weighted by Gasteiger charge is -2.33. The first-order valence-corrected chi connectivity index (χ1v) is 6.80. The fourth-order valence-corrected chi connectivity index (χ4v) is 2.01. The van der Waals surface area contributed by atoms with Crippen LogP contribution in [0.2, 0.25) is 0 Å². The number of nitrogens with zero attached hydrogens (tertiary/aromatic N) is 1. The normalized spacial score (nSPS) is 18.9. The second-order valence-corrected chi connectivity index (χ2v) is 4.66. The van der Waals surface area contributed by atoms with E-state index in [9.17, 15) is 14.7 Å². The zero-order valence-electron chi connectivity index (χ0n) is 11.6. The topological polar surface area (TPSA) is 76.1 Å². The molecule has 1 atom stereocenters. The summed E-state index contributed by atoms with van der Waals surface area (Å²) in [6.07, 6.45) is 0.929. The lowest BCUT2D eigenvalue weighted by atomic mass is 10.1. The average Bonchev–Trinajstić information content (AvgIpc) is 2.37. The van der Waals surface area contributed by atoms with E-state index in [1.807, 2.05) is 4.90 Å². The summed E-state index contributed by atoms with van der Waals surface area (Å²) in [5, 5.41) is 9.40. The number of aliphatic hydroxyl groups excluding tert-OH is 1. The molecule has 0 saturated carbocycles. The van der Waals surface area contributed by atoms with Crippen LogP contribution in [0, 0.1) is 0 Å². The molecule has 0 bridgehead atoms. The number of rotatable bonds is 6. The van der Waals surface area contributed by atoms with Crippen molar-refractivity contribution in [2.24, 2.45) is 0 Å². The second kappa shape index (κ2) is 8.12. The number of hydrogen-bond donors (Lipinski definition) is 1. The number of aliphatic hydroxyl groups is 1. The van der Waals surface area contributed by atoms with Gasteiger partial charge in [0.15, 0.2) is 6.23 Å². The number of hydrogen-bond acceptors (Lipinski definition) is 6. The van der Waals surface area contributed by atoms with Gasteiger partial charge in [-0.25, -0.2) is 0 Å². The van der Waals surface area contributed by atoms with Gasteiger partial charge in [-0.15, -0.1) is 0 Å². The highest BCUT2D eigenvalue weighted by atomic mass is 16.6. The van der Waals surface area contributed by atoms with Gasteiger partial charge in [-0.1, -0.05) is 0 Å². The van der Waals surface area contributed by atoms with Gasteiger partial charge in [-0.3, -0.25) is 14.5 Å². The summed E-state index contributed by atoms with van der Waals surface area (Å²) in [7, 11) is 0. The molecule has 6 heteroatoms. The number of likely N-dealkylation sites (tertiary alicyclic amines) is 1. The summed E-state index contributed by atoms with van der Waals surface area (Å²) >= 11 is 0. The van der Waals surface area contributed by atoms with E-state index in [1.54, 1.807) is 13.8 Å². The van der Waals surface area contributed by atoms with Gasteiger partial charge in [0.05, 0.1) is 25.6 Å². The quantitative estimate of drug-likeness (QED) is 0.717. The van der Waals surface area contributed by atoms with Crippen molar-refractivity contribution < 1.29 is 24.2 Å². The summed E-state index contributed by atoms with van der Waals surface area (Å²) in [5.41, 5.74) is 0. The Balaban J connectivity index is 2.22. The smallest absolute Gasteiger partial charge is 0.307 e. The van der Waals surface area contributed by atoms with Crippen molar-refractivity contribution >= 4 is 11.9 Å². The molecule has 110 valence electrons. The largest absolute Gasteiger partial charge is 0.466 e. The summed E-state index contributed by atoms with van der Waals surface area (Å²) in [6.45, 7) is 5.28. The predicted octanol–water partition coefficient (Wildman–Crippen LogP) is 0.676. The molecule has 1 rings (SSSR count). The Hall–Kier alpha value is -1.14. The number of esters is 2. The lowest BCUT2D eigenvalue weighted by Crippen LogP contribution is -2.43. The maximum Gasteiger partial charge on any atom is 0.307 e. The average molecular weight is 273 g/mol. The molecule has 0 aromatic carbocycles. The van der Waals surface area contributed by atoms with Crippen molar-refractivity contribution in [1.29, 1.82) is 0 Å². The first kappa shape index (κ1) is 15.9. The molecule has 1 aliphatic heterocycles. The van der Waals surface area contributed by atoms with E-state index in [0.29, 0.717) is 32.5 Å². The minimum atomic E-state index is -0.397. The van der Waals surface area contributed by atoms with Crippen LogP contribution in [-0.2, 0) is 19.1 Å². The highest BCUT2D eigenvalue weighted by Crippen LogP contribution is 2.14. The lowest BCUT2D eigenvalue weighted by molar-refractivity contribution is -0.161. The fourth-order valence-electron chi connectivity index (χ4n) is 2.01. The van der Waals surface area contributed by atoms with Crippen LogP contribution >= 0.6 is 0 Å². The van der Waals surface area contributed by atoms with E-state index in [-0.39, 0.29) is 31.1 Å². The molecule has 0 spiro atoms. The van der Waals surface area contributed by atoms with E-state index in [4.69, 9.17) is 9.47 Å². The molecule has 6 nitrogen and oxygen atoms in total. The SMILES string of the molecule is CCOC(=O)CCC(=O)OC(C)N1CCC(O)CC1. The molecule has 0 aromatic rings. The van der Waals surface area contributed by atoms with Crippen LogP contribution in [0.25, 0.3) is 0 Å². The highest BCUT2D eigenvalue weighted by molar-refractivity contribution is 5.77. The van der Waals surface area contributed by atoms with Crippen LogP contribution in [0.5, 0.6) is 0 Å². The monoisotopic (exact) mass is 273 g/mol. The highest BCUT2D eigenvalue weighted by Gasteiger charge is 2.23. The van der Waals surface area contributed by atoms with Crippen molar-refractivity contribution in [2.45, 2.75) is 51.9 Å². The fraction of sp³-hybridized carbons (Fsp3) is 0.846. The Labute approximate surface area is 113 Å². The van der Waals surface area contributed by atoms with Crippen molar-refractivity contribution in [3.63, 3.8) is 0 Å². The van der Waals surface area contributed by atoms with E-state index in [0.717, 1.165) is 0 Å². The van der Waals surface area contributed by atoms with Gasteiger partial charge >= 0.3 is 11.9 Å². The third-order valence-electron chi connectivity index (χ3n) is 3.15. The van der Waals surface area contributed by atoms with Crippen molar-refractivity contribution in [1.82, 2.24) is 4.90 Å². The molecule has 0 radical (unpaired) electrons. The van der Waals surface area contributed by atoms with Crippen LogP contribution in [0.1, 0.15) is 39.5 Å². The van der Waals surface area contributed by atoms with Crippen molar-refractivity contribution in [3.8, 4) is 0 Å². The Morgan fingerprint density at radius 3 is 2.42 bits per heavy atom. The van der Waals surface area contributed by atoms with Crippen molar-refractivity contribution in [2.75, 3.05) is 19.7 Å². The third kappa shape index (κ3) is 6.02. The van der Waals surface area contributed by atoms with E-state index in [1.165, 1.54) is 0 Å². The minimum absolute atomic E-state index is 0.0413. The molecule has 0 aliphatic carbocycles. The van der Waals surface area contributed by atoms with Crippen LogP contribution < -0.4 is 0 Å². The van der Waals surface area contributed by atoms with Crippen LogP contribution in [-0.4, -0.2) is 54.0 Å². The van der Waals surface area contributed by atoms with E-state index < -0.39 is 5.97 Å². The van der Waals surface area contributed by atoms with Gasteiger partial charge in [0.25, 0.3) is 0 Å². The molecule has 0 amide bonds. The molecular weight excluding hydrogens is 250 g/mol. The Morgan fingerprint density at radius 1 is 1.26 bits per heavy atom.